The maximum atomic E-state index is 11.3. The van der Waals surface area contributed by atoms with Crippen LogP contribution < -0.4 is 29.6 Å². The predicted octanol–water partition coefficient (Wildman–Crippen LogP) is -7.69. The van der Waals surface area contributed by atoms with Gasteiger partial charge in [0.15, 0.2) is 18.9 Å². The third-order valence-corrected chi connectivity index (χ3v) is 9.53. The molecular weight excluding hydrogens is 647 g/mol. The Morgan fingerprint density at radius 3 is 1.77 bits per heavy atom. The second-order valence-corrected chi connectivity index (χ2v) is 18.6. The van der Waals surface area contributed by atoms with Crippen molar-refractivity contribution in [1.82, 2.24) is 0 Å². The summed E-state index contributed by atoms with van der Waals surface area (Å²) in [7, 11) is -7.07. The Bertz CT molecular complexity index is 991. The van der Waals surface area contributed by atoms with Gasteiger partial charge in [-0.25, -0.2) is 8.42 Å². The Morgan fingerprint density at radius 1 is 0.705 bits per heavy atom. The molecule has 3 aliphatic heterocycles. The molecule has 0 saturated carbocycles. The minimum Gasteiger partial charge on any atom is -0.726 e. The molecule has 0 radical (unpaired) electrons. The van der Waals surface area contributed by atoms with Crippen LogP contribution >= 0.6 is 0 Å². The van der Waals surface area contributed by atoms with Gasteiger partial charge >= 0.3 is 29.6 Å². The van der Waals surface area contributed by atoms with Crippen LogP contribution in [0, 0.1) is 0 Å². The Hall–Kier alpha value is 0.527. The van der Waals surface area contributed by atoms with E-state index in [0.29, 0.717) is 6.04 Å². The molecule has 0 spiro atoms. The van der Waals surface area contributed by atoms with Crippen molar-refractivity contribution >= 4 is 18.5 Å². The van der Waals surface area contributed by atoms with Crippen LogP contribution in [0.1, 0.15) is 6.92 Å². The molecule has 8 N–H and O–H groups in total. The van der Waals surface area contributed by atoms with Crippen molar-refractivity contribution in [3.05, 3.63) is 0 Å². The van der Waals surface area contributed by atoms with Gasteiger partial charge < -0.3 is 73.8 Å². The van der Waals surface area contributed by atoms with Crippen molar-refractivity contribution in [2.75, 3.05) is 19.8 Å². The monoisotopic (exact) mass is 690 g/mol. The first kappa shape index (κ1) is 40.7. The molecular formula is C23H43NaO18SSi. The normalized spacial score (nSPS) is 43.8. The molecule has 18 nitrogen and oxygen atoms in total. The second kappa shape index (κ2) is 16.8. The van der Waals surface area contributed by atoms with Gasteiger partial charge in [0.2, 0.25) is 10.4 Å². The van der Waals surface area contributed by atoms with E-state index in [4.69, 9.17) is 28.4 Å². The van der Waals surface area contributed by atoms with Gasteiger partial charge in [-0.1, -0.05) is 19.6 Å². The van der Waals surface area contributed by atoms with E-state index in [2.05, 4.69) is 23.8 Å². The zero-order valence-corrected chi connectivity index (χ0v) is 28.9. The molecule has 3 rings (SSSR count). The molecule has 0 aromatic rings. The molecule has 0 aromatic heterocycles. The van der Waals surface area contributed by atoms with Gasteiger partial charge in [-0.2, -0.15) is 0 Å². The summed E-state index contributed by atoms with van der Waals surface area (Å²) in [5.41, 5.74) is 0. The van der Waals surface area contributed by atoms with Crippen LogP contribution in [0.4, 0.5) is 0 Å². The van der Waals surface area contributed by atoms with Gasteiger partial charge in [-0.3, -0.25) is 4.18 Å². The van der Waals surface area contributed by atoms with Crippen LogP contribution in [0.5, 0.6) is 0 Å². The van der Waals surface area contributed by atoms with Gasteiger partial charge in [-0.05, 0) is 13.0 Å². The van der Waals surface area contributed by atoms with Gasteiger partial charge in [-0.15, -0.1) is 0 Å². The van der Waals surface area contributed by atoms with E-state index in [-0.39, 0.29) is 36.2 Å². The molecule has 0 amide bonds. The topological polar surface area (TPSA) is 284 Å². The zero-order valence-electron chi connectivity index (χ0n) is 25.1. The summed E-state index contributed by atoms with van der Waals surface area (Å²) >= 11 is 0. The first-order valence-electron chi connectivity index (χ1n) is 13.7. The van der Waals surface area contributed by atoms with Crippen LogP contribution in [-0.4, -0.2) is 174 Å². The fourth-order valence-electron chi connectivity index (χ4n) is 4.83. The van der Waals surface area contributed by atoms with Crippen molar-refractivity contribution in [3.63, 3.8) is 0 Å². The van der Waals surface area contributed by atoms with Crippen LogP contribution in [0.25, 0.3) is 0 Å². The Kier molecular flexibility index (Phi) is 15.5. The number of ether oxygens (including phenoxy) is 6. The van der Waals surface area contributed by atoms with E-state index in [9.17, 15) is 53.8 Å². The van der Waals surface area contributed by atoms with E-state index >= 15 is 0 Å². The van der Waals surface area contributed by atoms with E-state index < -0.39 is 124 Å². The largest absolute Gasteiger partial charge is 1.00 e. The third-order valence-electron chi connectivity index (χ3n) is 7.37. The molecule has 3 saturated heterocycles. The quantitative estimate of drug-likeness (QED) is 0.0536. The molecule has 44 heavy (non-hydrogen) atoms. The SMILES string of the molecule is C[C@@H]1O[C@@H](O[C@@H]2[C@@H](O)[C@H](OCC[Si](C)(C)C)O[C@H](CO)[C@H]2O[C@@H]2O[C@H](CO)[C@H](O)[C@H](OS(=O)(=O)[O-])[C@H]2O)[C@@H](O)[C@H](O)[C@@H]1O.[Na+]. The van der Waals surface area contributed by atoms with Crippen molar-refractivity contribution in [2.45, 2.75) is 125 Å². The average Bonchev–Trinajstić information content (AvgIpc) is 2.91. The summed E-state index contributed by atoms with van der Waals surface area (Å²) in [6, 6.07) is 0.665. The van der Waals surface area contributed by atoms with Crippen molar-refractivity contribution in [2.24, 2.45) is 0 Å². The maximum Gasteiger partial charge on any atom is 1.00 e. The van der Waals surface area contributed by atoms with E-state index in [0.717, 1.165) is 0 Å². The van der Waals surface area contributed by atoms with Crippen molar-refractivity contribution in [1.29, 1.82) is 0 Å². The van der Waals surface area contributed by atoms with Crippen LogP contribution in [0.3, 0.4) is 0 Å². The molecule has 254 valence electrons. The second-order valence-electron chi connectivity index (χ2n) is 12.0. The van der Waals surface area contributed by atoms with Gasteiger partial charge in [0.05, 0.1) is 19.3 Å². The van der Waals surface area contributed by atoms with E-state index in [1.807, 2.05) is 0 Å². The number of aliphatic hydroxyl groups excluding tert-OH is 8. The third kappa shape index (κ3) is 10.3. The number of rotatable bonds is 12. The molecule has 0 unspecified atom stereocenters. The number of hydrogen-bond acceptors (Lipinski definition) is 18. The van der Waals surface area contributed by atoms with Crippen LogP contribution in [0.2, 0.25) is 25.7 Å². The minimum absolute atomic E-state index is 0. The van der Waals surface area contributed by atoms with Gasteiger partial charge in [0.25, 0.3) is 0 Å². The van der Waals surface area contributed by atoms with E-state index in [1.165, 1.54) is 6.92 Å². The molecule has 0 bridgehead atoms. The molecule has 21 heteroatoms. The standard InChI is InChI=1S/C23H44O18SSi.Na/c1-9-12(26)14(28)15(29)22(36-9)40-20-17(31)21(35-5-6-43(2,3)4)38-11(8-25)18(20)39-23-16(30)19(41-42(32,33)34)13(27)10(7-24)37-23;/h9-31H,5-8H2,1-4H3,(H,32,33,34);/q;+1/p-1/t9-,10+,11+,12+,13-,14+,15-,16+,17+,18+,19-,20+,21+,22-,23-;/m0./s1. The van der Waals surface area contributed by atoms with Gasteiger partial charge in [0, 0.05) is 14.7 Å². The van der Waals surface area contributed by atoms with Crippen LogP contribution in [0.15, 0.2) is 0 Å². The molecule has 0 aromatic carbocycles. The zero-order chi connectivity index (χ0) is 32.4. The summed E-state index contributed by atoms with van der Waals surface area (Å²) in [4.78, 5) is 0. The Balaban J connectivity index is 0.00000675. The summed E-state index contributed by atoms with van der Waals surface area (Å²) in [5.74, 6) is 0. The fourth-order valence-corrected chi connectivity index (χ4v) is 6.06. The van der Waals surface area contributed by atoms with Crippen molar-refractivity contribution < 1.29 is 116 Å². The molecule has 15 atom stereocenters. The first-order valence-corrected chi connectivity index (χ1v) is 18.8. The molecule has 3 aliphatic rings. The number of hydrogen-bond donors (Lipinski definition) is 8. The average molecular weight is 691 g/mol. The first-order chi connectivity index (χ1) is 19.9. The number of aliphatic hydroxyl groups is 8. The van der Waals surface area contributed by atoms with Crippen molar-refractivity contribution in [3.8, 4) is 0 Å². The summed E-state index contributed by atoms with van der Waals surface area (Å²) in [6.45, 7) is 6.06. The Labute approximate surface area is 278 Å². The van der Waals surface area contributed by atoms with Gasteiger partial charge in [0.1, 0.15) is 67.1 Å². The summed E-state index contributed by atoms with van der Waals surface area (Å²) < 4.78 is 72.0. The van der Waals surface area contributed by atoms with Crippen LogP contribution in [-0.2, 0) is 43.0 Å². The molecule has 0 aliphatic carbocycles. The summed E-state index contributed by atoms with van der Waals surface area (Å²) in [5, 5.41) is 83.0. The minimum atomic E-state index is -5.47. The summed E-state index contributed by atoms with van der Waals surface area (Å²) in [6.07, 6.45) is -25.5. The maximum absolute atomic E-state index is 11.3. The molecule has 3 heterocycles. The fraction of sp³-hybridized carbons (Fsp3) is 1.00. The van der Waals surface area contributed by atoms with E-state index in [1.54, 1.807) is 0 Å². The Morgan fingerprint density at radius 2 is 1.23 bits per heavy atom. The predicted molar refractivity (Wildman–Crippen MR) is 140 cm³/mol. The smallest absolute Gasteiger partial charge is 0.726 e. The molecule has 3 fully saturated rings.